The predicted octanol–water partition coefficient (Wildman–Crippen LogP) is 2.54. The number of aryl methyl sites for hydroxylation is 1. The molecule has 72 valence electrons. The van der Waals surface area contributed by atoms with Crippen LogP contribution in [0.25, 0.3) is 0 Å². The van der Waals surface area contributed by atoms with Crippen LogP contribution in [-0.4, -0.2) is 18.6 Å². The van der Waals surface area contributed by atoms with Gasteiger partial charge in [0.05, 0.1) is 11.1 Å². The molecule has 1 heterocycles. The molecule has 3 nitrogen and oxygen atoms in total. The van der Waals surface area contributed by atoms with Gasteiger partial charge in [0, 0.05) is 13.2 Å². The summed E-state index contributed by atoms with van der Waals surface area (Å²) in [5.41, 5.74) is 1.13. The second-order valence-corrected chi connectivity index (χ2v) is 3.59. The fourth-order valence-electron chi connectivity index (χ4n) is 1.01. The highest BCUT2D eigenvalue weighted by molar-refractivity contribution is 9.10. The van der Waals surface area contributed by atoms with Gasteiger partial charge < -0.3 is 0 Å². The van der Waals surface area contributed by atoms with Gasteiger partial charge in [-0.25, -0.2) is 10.0 Å². The molecule has 1 aromatic heterocycles. The Balaban J connectivity index is 2.88. The van der Waals surface area contributed by atoms with E-state index in [9.17, 15) is 0 Å². The SMILES string of the molecule is CCON(C)c1ncc(C)cc1Br. The van der Waals surface area contributed by atoms with E-state index in [4.69, 9.17) is 4.84 Å². The quantitative estimate of drug-likeness (QED) is 0.765. The average molecular weight is 245 g/mol. The van der Waals surface area contributed by atoms with E-state index in [0.717, 1.165) is 15.9 Å². The molecule has 0 fully saturated rings. The summed E-state index contributed by atoms with van der Waals surface area (Å²) in [4.78, 5) is 9.54. The van der Waals surface area contributed by atoms with Crippen molar-refractivity contribution in [1.29, 1.82) is 0 Å². The summed E-state index contributed by atoms with van der Waals surface area (Å²) in [6.45, 7) is 4.58. The van der Waals surface area contributed by atoms with Crippen LogP contribution in [0.3, 0.4) is 0 Å². The number of anilines is 1. The number of hydrogen-bond donors (Lipinski definition) is 0. The van der Waals surface area contributed by atoms with E-state index < -0.39 is 0 Å². The van der Waals surface area contributed by atoms with Crippen LogP contribution in [0.5, 0.6) is 0 Å². The molecule has 0 aliphatic rings. The second kappa shape index (κ2) is 4.58. The first kappa shape index (κ1) is 10.5. The number of pyridine rings is 1. The summed E-state index contributed by atoms with van der Waals surface area (Å²) in [5.74, 6) is 0.799. The van der Waals surface area contributed by atoms with Crippen molar-refractivity contribution >= 4 is 21.7 Å². The summed E-state index contributed by atoms with van der Waals surface area (Å²) < 4.78 is 0.948. The lowest BCUT2D eigenvalue weighted by atomic mass is 10.3. The van der Waals surface area contributed by atoms with Crippen molar-refractivity contribution in [2.24, 2.45) is 0 Å². The third-order valence-corrected chi connectivity index (χ3v) is 2.16. The fraction of sp³-hybridized carbons (Fsp3) is 0.444. The summed E-state index contributed by atoms with van der Waals surface area (Å²) in [5, 5.41) is 1.66. The Morgan fingerprint density at radius 2 is 2.31 bits per heavy atom. The van der Waals surface area contributed by atoms with Crippen LogP contribution in [0.1, 0.15) is 12.5 Å². The Morgan fingerprint density at radius 1 is 1.62 bits per heavy atom. The lowest BCUT2D eigenvalue weighted by Crippen LogP contribution is -2.19. The molecule has 0 N–H and O–H groups in total. The Hall–Kier alpha value is -0.610. The van der Waals surface area contributed by atoms with Crippen LogP contribution in [0.15, 0.2) is 16.7 Å². The third kappa shape index (κ3) is 2.67. The molecule has 0 spiro atoms. The van der Waals surface area contributed by atoms with Crippen molar-refractivity contribution in [3.8, 4) is 0 Å². The smallest absolute Gasteiger partial charge is 0.166 e. The standard InChI is InChI=1S/C9H13BrN2O/c1-4-13-12(3)9-8(10)5-7(2)6-11-9/h5-6H,4H2,1-3H3. The van der Waals surface area contributed by atoms with Crippen molar-refractivity contribution in [2.45, 2.75) is 13.8 Å². The predicted molar refractivity (Wildman–Crippen MR) is 56.7 cm³/mol. The zero-order valence-electron chi connectivity index (χ0n) is 8.04. The van der Waals surface area contributed by atoms with Crippen molar-refractivity contribution in [2.75, 3.05) is 18.7 Å². The van der Waals surface area contributed by atoms with Crippen molar-refractivity contribution in [1.82, 2.24) is 4.98 Å². The van der Waals surface area contributed by atoms with E-state index in [1.165, 1.54) is 0 Å². The highest BCUT2D eigenvalue weighted by atomic mass is 79.9. The van der Waals surface area contributed by atoms with E-state index in [1.54, 1.807) is 5.06 Å². The van der Waals surface area contributed by atoms with Crippen LogP contribution in [0.4, 0.5) is 5.82 Å². The lowest BCUT2D eigenvalue weighted by molar-refractivity contribution is 0.132. The van der Waals surface area contributed by atoms with E-state index in [1.807, 2.05) is 33.2 Å². The van der Waals surface area contributed by atoms with E-state index >= 15 is 0 Å². The van der Waals surface area contributed by atoms with Crippen molar-refractivity contribution < 1.29 is 4.84 Å². The molecular formula is C9H13BrN2O. The summed E-state index contributed by atoms with van der Waals surface area (Å²) in [6.07, 6.45) is 1.82. The maximum atomic E-state index is 5.29. The minimum atomic E-state index is 0.637. The number of hydrogen-bond acceptors (Lipinski definition) is 3. The van der Waals surface area contributed by atoms with Crippen LogP contribution in [0, 0.1) is 6.92 Å². The molecule has 1 aromatic rings. The lowest BCUT2D eigenvalue weighted by Gasteiger charge is -2.17. The summed E-state index contributed by atoms with van der Waals surface area (Å²) >= 11 is 3.43. The first-order valence-electron chi connectivity index (χ1n) is 4.14. The maximum Gasteiger partial charge on any atom is 0.166 e. The largest absolute Gasteiger partial charge is 0.273 e. The molecule has 0 amide bonds. The van der Waals surface area contributed by atoms with Gasteiger partial charge in [-0.15, -0.1) is 0 Å². The molecule has 0 saturated carbocycles. The van der Waals surface area contributed by atoms with Gasteiger partial charge in [0.2, 0.25) is 0 Å². The molecular weight excluding hydrogens is 232 g/mol. The molecule has 0 aliphatic carbocycles. The zero-order chi connectivity index (χ0) is 9.84. The summed E-state index contributed by atoms with van der Waals surface area (Å²) in [6, 6.07) is 2.01. The van der Waals surface area contributed by atoms with Gasteiger partial charge in [-0.2, -0.15) is 0 Å². The molecule has 0 aliphatic heterocycles. The molecule has 0 atom stereocenters. The monoisotopic (exact) mass is 244 g/mol. The number of hydroxylamine groups is 1. The van der Waals surface area contributed by atoms with Gasteiger partial charge in [-0.3, -0.25) is 4.84 Å². The molecule has 4 heteroatoms. The number of aromatic nitrogens is 1. The van der Waals surface area contributed by atoms with Crippen LogP contribution in [0.2, 0.25) is 0 Å². The highest BCUT2D eigenvalue weighted by Gasteiger charge is 2.06. The molecule has 0 bridgehead atoms. The minimum Gasteiger partial charge on any atom is -0.273 e. The van der Waals surface area contributed by atoms with Crippen molar-refractivity contribution in [3.05, 3.63) is 22.3 Å². The van der Waals surface area contributed by atoms with Gasteiger partial charge in [-0.1, -0.05) is 0 Å². The Morgan fingerprint density at radius 3 is 2.85 bits per heavy atom. The van der Waals surface area contributed by atoms with E-state index in [-0.39, 0.29) is 0 Å². The third-order valence-electron chi connectivity index (χ3n) is 1.58. The topological polar surface area (TPSA) is 25.4 Å². The van der Waals surface area contributed by atoms with Crippen LogP contribution >= 0.6 is 15.9 Å². The van der Waals surface area contributed by atoms with Crippen LogP contribution < -0.4 is 5.06 Å². The van der Waals surface area contributed by atoms with E-state index in [2.05, 4.69) is 20.9 Å². The number of halogens is 1. The van der Waals surface area contributed by atoms with Gasteiger partial charge in [0.15, 0.2) is 5.82 Å². The Labute approximate surface area is 86.8 Å². The molecule has 1 rings (SSSR count). The normalized spacial score (nSPS) is 10.2. The molecule has 0 saturated heterocycles. The zero-order valence-corrected chi connectivity index (χ0v) is 9.63. The molecule has 13 heavy (non-hydrogen) atoms. The van der Waals surface area contributed by atoms with Gasteiger partial charge >= 0.3 is 0 Å². The first-order chi connectivity index (χ1) is 6.15. The highest BCUT2D eigenvalue weighted by Crippen LogP contribution is 2.23. The van der Waals surface area contributed by atoms with Gasteiger partial charge in [0.1, 0.15) is 0 Å². The maximum absolute atomic E-state index is 5.29. The van der Waals surface area contributed by atoms with Crippen LogP contribution in [-0.2, 0) is 4.84 Å². The summed E-state index contributed by atoms with van der Waals surface area (Å²) in [7, 11) is 1.84. The Bertz CT molecular complexity index is 291. The Kier molecular flexibility index (Phi) is 3.69. The average Bonchev–Trinajstić information content (AvgIpc) is 2.04. The van der Waals surface area contributed by atoms with Gasteiger partial charge in [0.25, 0.3) is 0 Å². The number of nitrogens with zero attached hydrogens (tertiary/aromatic N) is 2. The van der Waals surface area contributed by atoms with E-state index in [0.29, 0.717) is 6.61 Å². The molecule has 0 unspecified atom stereocenters. The minimum absolute atomic E-state index is 0.637. The molecule has 0 aromatic carbocycles. The number of rotatable bonds is 3. The second-order valence-electron chi connectivity index (χ2n) is 2.73. The molecule has 0 radical (unpaired) electrons. The van der Waals surface area contributed by atoms with Gasteiger partial charge in [-0.05, 0) is 41.4 Å². The fourth-order valence-corrected chi connectivity index (χ4v) is 1.73. The first-order valence-corrected chi connectivity index (χ1v) is 4.93. The van der Waals surface area contributed by atoms with Crippen molar-refractivity contribution in [3.63, 3.8) is 0 Å².